The Morgan fingerprint density at radius 3 is 2.67 bits per heavy atom. The quantitative estimate of drug-likeness (QED) is 0.330. The second-order valence-electron chi connectivity index (χ2n) is 5.37. The number of nitrogen functional groups attached to an aromatic ring is 1. The number of benzene rings is 2. The number of fused-ring (bicyclic) bond motifs is 2. The summed E-state index contributed by atoms with van der Waals surface area (Å²) in [6, 6.07) is 13.5. The maximum atomic E-state index is 12.5. The number of hydrogen-bond acceptors (Lipinski definition) is 6. The van der Waals surface area contributed by atoms with Gasteiger partial charge < -0.3 is 10.8 Å². The van der Waals surface area contributed by atoms with Crippen LogP contribution in [0.25, 0.3) is 33.3 Å². The van der Waals surface area contributed by atoms with Crippen LogP contribution in [0.15, 0.2) is 53.3 Å². The molecule has 0 spiro atoms. The van der Waals surface area contributed by atoms with Gasteiger partial charge in [0.2, 0.25) is 0 Å². The molecule has 2 heterocycles. The zero-order valence-electron chi connectivity index (χ0n) is 12.3. The summed E-state index contributed by atoms with van der Waals surface area (Å²) >= 11 is 0. The van der Waals surface area contributed by atoms with Crippen molar-refractivity contribution < 1.29 is 10.4 Å². The average Bonchev–Trinajstić information content (AvgIpc) is 3.01. The normalized spacial score (nSPS) is 11.2. The zero-order chi connectivity index (χ0) is 16.8. The van der Waals surface area contributed by atoms with Gasteiger partial charge in [0.1, 0.15) is 5.82 Å². The minimum atomic E-state index is -0.404. The van der Waals surface area contributed by atoms with Crippen molar-refractivity contribution in [3.63, 3.8) is 0 Å². The first kappa shape index (κ1) is 14.2. The van der Waals surface area contributed by atoms with Gasteiger partial charge >= 0.3 is 0 Å². The van der Waals surface area contributed by atoms with Crippen LogP contribution in [0.3, 0.4) is 0 Å². The Balaban J connectivity index is 2.00. The Morgan fingerprint density at radius 2 is 1.92 bits per heavy atom. The summed E-state index contributed by atoms with van der Waals surface area (Å²) in [4.78, 5) is 20.1. The number of aromatic amines is 1. The van der Waals surface area contributed by atoms with Gasteiger partial charge in [-0.25, -0.2) is 9.66 Å². The number of hydrogen-bond donors (Lipinski definition) is 4. The fraction of sp³-hybridized carbons (Fsp3) is 0. The summed E-state index contributed by atoms with van der Waals surface area (Å²) in [6.45, 7) is 0. The van der Waals surface area contributed by atoms with Crippen molar-refractivity contribution in [1.82, 2.24) is 14.6 Å². The number of anilines is 1. The smallest absolute Gasteiger partial charge is 0.280 e. The molecule has 0 fully saturated rings. The van der Waals surface area contributed by atoms with E-state index in [1.54, 1.807) is 6.07 Å². The van der Waals surface area contributed by atoms with Gasteiger partial charge in [0.05, 0.1) is 27.8 Å². The SMILES string of the molecule is Nn1c(=O)c(-c2nc3ccccc3[nH]2)cc2cc(N(O)O)ccc21. The molecule has 0 saturated carbocycles. The molecule has 8 nitrogen and oxygen atoms in total. The Morgan fingerprint density at radius 1 is 1.12 bits per heavy atom. The van der Waals surface area contributed by atoms with Crippen LogP contribution < -0.4 is 16.6 Å². The monoisotopic (exact) mass is 323 g/mol. The van der Waals surface area contributed by atoms with Gasteiger partial charge in [0.15, 0.2) is 0 Å². The average molecular weight is 323 g/mol. The van der Waals surface area contributed by atoms with Gasteiger partial charge in [-0.05, 0) is 36.4 Å². The molecule has 120 valence electrons. The minimum Gasteiger partial charge on any atom is -0.338 e. The number of imidazole rings is 1. The third-order valence-corrected chi connectivity index (χ3v) is 3.90. The third kappa shape index (κ3) is 2.09. The van der Waals surface area contributed by atoms with E-state index >= 15 is 0 Å². The molecular weight excluding hydrogens is 310 g/mol. The fourth-order valence-electron chi connectivity index (χ4n) is 2.71. The third-order valence-electron chi connectivity index (χ3n) is 3.90. The predicted octanol–water partition coefficient (Wildman–Crippen LogP) is 1.84. The van der Waals surface area contributed by atoms with E-state index in [4.69, 9.17) is 16.3 Å². The molecule has 2 aromatic heterocycles. The maximum absolute atomic E-state index is 12.5. The molecule has 0 unspecified atom stereocenters. The van der Waals surface area contributed by atoms with Crippen molar-refractivity contribution in [2.45, 2.75) is 0 Å². The van der Waals surface area contributed by atoms with Crippen molar-refractivity contribution >= 4 is 27.6 Å². The molecule has 24 heavy (non-hydrogen) atoms. The van der Waals surface area contributed by atoms with Crippen LogP contribution in [0.1, 0.15) is 0 Å². The van der Waals surface area contributed by atoms with Crippen LogP contribution >= 0.6 is 0 Å². The Hall–Kier alpha value is -3.36. The van der Waals surface area contributed by atoms with Gasteiger partial charge in [0.25, 0.3) is 5.56 Å². The highest BCUT2D eigenvalue weighted by Gasteiger charge is 2.14. The first-order chi connectivity index (χ1) is 11.5. The van der Waals surface area contributed by atoms with Crippen molar-refractivity contribution in [2.75, 3.05) is 11.1 Å². The molecule has 0 amide bonds. The highest BCUT2D eigenvalue weighted by molar-refractivity contribution is 5.87. The maximum Gasteiger partial charge on any atom is 0.280 e. The van der Waals surface area contributed by atoms with Crippen LogP contribution in [-0.2, 0) is 0 Å². The standard InChI is InChI=1S/C16H13N5O3/c17-20-14-6-5-10(21(23)24)7-9(14)8-11(16(20)22)15-18-12-3-1-2-4-13(12)19-15/h1-8,23-24H,17H2,(H,18,19). The summed E-state index contributed by atoms with van der Waals surface area (Å²) in [6.07, 6.45) is 0. The lowest BCUT2D eigenvalue weighted by atomic mass is 10.1. The van der Waals surface area contributed by atoms with Crippen molar-refractivity contribution in [3.05, 3.63) is 58.9 Å². The topological polar surface area (TPSA) is 120 Å². The highest BCUT2D eigenvalue weighted by Crippen LogP contribution is 2.24. The van der Waals surface area contributed by atoms with E-state index in [0.29, 0.717) is 22.3 Å². The lowest BCUT2D eigenvalue weighted by Crippen LogP contribution is -2.28. The molecule has 4 aromatic rings. The summed E-state index contributed by atoms with van der Waals surface area (Å²) in [5.74, 6) is 6.30. The van der Waals surface area contributed by atoms with Crippen LogP contribution in [-0.4, -0.2) is 25.1 Å². The number of nitrogens with one attached hydrogen (secondary N) is 1. The molecule has 0 aliphatic rings. The molecule has 4 rings (SSSR count). The van der Waals surface area contributed by atoms with Crippen molar-refractivity contribution in [2.24, 2.45) is 0 Å². The van der Waals surface area contributed by atoms with Crippen LogP contribution in [0.2, 0.25) is 0 Å². The van der Waals surface area contributed by atoms with Gasteiger partial charge in [-0.1, -0.05) is 12.1 Å². The van der Waals surface area contributed by atoms with Crippen molar-refractivity contribution in [1.29, 1.82) is 0 Å². The van der Waals surface area contributed by atoms with E-state index in [1.807, 2.05) is 24.3 Å². The molecule has 0 aliphatic carbocycles. The molecule has 8 heteroatoms. The lowest BCUT2D eigenvalue weighted by molar-refractivity contribution is 0.0292. The molecule has 0 saturated heterocycles. The van der Waals surface area contributed by atoms with Crippen LogP contribution in [0, 0.1) is 0 Å². The first-order valence-corrected chi connectivity index (χ1v) is 7.12. The number of H-pyrrole nitrogens is 1. The summed E-state index contributed by atoms with van der Waals surface area (Å²) < 4.78 is 1.01. The van der Waals surface area contributed by atoms with Gasteiger partial charge in [-0.2, -0.15) is 0 Å². The number of pyridine rings is 1. The number of rotatable bonds is 2. The van der Waals surface area contributed by atoms with Crippen LogP contribution in [0.4, 0.5) is 5.69 Å². The van der Waals surface area contributed by atoms with E-state index in [9.17, 15) is 4.79 Å². The summed E-state index contributed by atoms with van der Waals surface area (Å²) in [7, 11) is 0. The lowest BCUT2D eigenvalue weighted by Gasteiger charge is -2.11. The number of para-hydroxylation sites is 2. The fourth-order valence-corrected chi connectivity index (χ4v) is 2.71. The molecule has 0 aliphatic heterocycles. The second-order valence-corrected chi connectivity index (χ2v) is 5.37. The highest BCUT2D eigenvalue weighted by atomic mass is 16.8. The van der Waals surface area contributed by atoms with Crippen LogP contribution in [0.5, 0.6) is 0 Å². The van der Waals surface area contributed by atoms with E-state index in [-0.39, 0.29) is 10.9 Å². The zero-order valence-corrected chi connectivity index (χ0v) is 12.3. The van der Waals surface area contributed by atoms with Crippen molar-refractivity contribution in [3.8, 4) is 11.4 Å². The largest absolute Gasteiger partial charge is 0.338 e. The first-order valence-electron chi connectivity index (χ1n) is 7.12. The van der Waals surface area contributed by atoms with Gasteiger partial charge in [0, 0.05) is 5.39 Å². The van der Waals surface area contributed by atoms with Gasteiger partial charge in [-0.15, -0.1) is 5.23 Å². The Labute approximate surface area is 134 Å². The van der Waals surface area contributed by atoms with E-state index in [1.165, 1.54) is 18.2 Å². The minimum absolute atomic E-state index is 0.00622. The molecular formula is C16H13N5O3. The Bertz CT molecular complexity index is 1100. The van der Waals surface area contributed by atoms with E-state index in [0.717, 1.165) is 15.7 Å². The van der Waals surface area contributed by atoms with E-state index in [2.05, 4.69) is 9.97 Å². The molecule has 0 bridgehead atoms. The Kier molecular flexibility index (Phi) is 3.02. The van der Waals surface area contributed by atoms with Gasteiger partial charge in [-0.3, -0.25) is 15.2 Å². The summed E-state index contributed by atoms with van der Waals surface area (Å²) in [5.41, 5.74) is 2.05. The molecule has 2 aromatic carbocycles. The molecule has 0 radical (unpaired) electrons. The molecule has 5 N–H and O–H groups in total. The number of nitrogens with two attached hydrogens (primary N) is 1. The molecule has 0 atom stereocenters. The summed E-state index contributed by atoms with van der Waals surface area (Å²) in [5, 5.41) is 18.9. The number of nitrogens with zero attached hydrogens (tertiary/aromatic N) is 3. The van der Waals surface area contributed by atoms with E-state index < -0.39 is 5.56 Å². The second kappa shape index (κ2) is 5.08. The number of aromatic nitrogens is 3. The predicted molar refractivity (Wildman–Crippen MR) is 89.5 cm³/mol.